The average Bonchev–Trinajstić information content (AvgIpc) is 2.43. The molecule has 1 aromatic rings. The third-order valence-electron chi connectivity index (χ3n) is 3.14. The van der Waals surface area contributed by atoms with Gasteiger partial charge in [-0.05, 0) is 30.9 Å². The molecule has 0 spiro atoms. The van der Waals surface area contributed by atoms with E-state index in [2.05, 4.69) is 4.74 Å². The van der Waals surface area contributed by atoms with Crippen LogP contribution in [0.4, 0.5) is 0 Å². The van der Waals surface area contributed by atoms with Crippen molar-refractivity contribution in [1.82, 2.24) is 0 Å². The van der Waals surface area contributed by atoms with E-state index in [9.17, 15) is 19.8 Å². The van der Waals surface area contributed by atoms with Gasteiger partial charge in [0.15, 0.2) is 5.78 Å². The fourth-order valence-electron chi connectivity index (χ4n) is 1.92. The second kappa shape index (κ2) is 7.53. The maximum atomic E-state index is 12.0. The number of aromatic hydroxyl groups is 2. The number of Topliss-reactive ketones (excluding diaryl/α,β-unsaturated/α-hetero) is 1. The van der Waals surface area contributed by atoms with E-state index in [0.29, 0.717) is 24.8 Å². The monoisotopic (exact) mass is 280 g/mol. The Bertz CT molecular complexity index is 493. The Balaban J connectivity index is 2.61. The Morgan fingerprint density at radius 3 is 2.35 bits per heavy atom. The van der Waals surface area contributed by atoms with E-state index in [1.54, 1.807) is 0 Å². The van der Waals surface area contributed by atoms with Crippen molar-refractivity contribution in [2.75, 3.05) is 7.11 Å². The van der Waals surface area contributed by atoms with Crippen LogP contribution in [0.15, 0.2) is 12.1 Å². The van der Waals surface area contributed by atoms with Gasteiger partial charge >= 0.3 is 5.97 Å². The molecule has 0 heterocycles. The van der Waals surface area contributed by atoms with Crippen molar-refractivity contribution in [3.05, 3.63) is 23.3 Å². The molecule has 0 amide bonds. The number of carbonyl (C=O) groups excluding carboxylic acids is 2. The number of aryl methyl sites for hydroxylation is 1. The smallest absolute Gasteiger partial charge is 0.305 e. The van der Waals surface area contributed by atoms with Crippen LogP contribution in [0, 0.1) is 0 Å². The number of methoxy groups -OCH3 is 1. The first-order valence-electron chi connectivity index (χ1n) is 6.64. The van der Waals surface area contributed by atoms with Crippen molar-refractivity contribution in [3.63, 3.8) is 0 Å². The third kappa shape index (κ3) is 4.26. The summed E-state index contributed by atoms with van der Waals surface area (Å²) in [5.74, 6) is -0.704. The first-order chi connectivity index (χ1) is 9.49. The summed E-state index contributed by atoms with van der Waals surface area (Å²) in [6.45, 7) is 1.86. The Hall–Kier alpha value is -2.04. The largest absolute Gasteiger partial charge is 0.508 e. The second-order valence-corrected chi connectivity index (χ2v) is 4.56. The molecule has 5 nitrogen and oxygen atoms in total. The van der Waals surface area contributed by atoms with Gasteiger partial charge in [0.1, 0.15) is 11.5 Å². The van der Waals surface area contributed by atoms with Crippen molar-refractivity contribution in [2.45, 2.75) is 39.0 Å². The average molecular weight is 280 g/mol. The van der Waals surface area contributed by atoms with Gasteiger partial charge in [-0.3, -0.25) is 9.59 Å². The lowest BCUT2D eigenvalue weighted by atomic mass is 10.00. The van der Waals surface area contributed by atoms with Gasteiger partial charge in [0.25, 0.3) is 0 Å². The number of rotatable bonds is 7. The highest BCUT2D eigenvalue weighted by Gasteiger charge is 2.14. The summed E-state index contributed by atoms with van der Waals surface area (Å²) in [7, 11) is 1.33. The van der Waals surface area contributed by atoms with E-state index >= 15 is 0 Å². The van der Waals surface area contributed by atoms with Crippen molar-refractivity contribution < 1.29 is 24.5 Å². The fourth-order valence-corrected chi connectivity index (χ4v) is 1.92. The summed E-state index contributed by atoms with van der Waals surface area (Å²) < 4.78 is 4.51. The molecule has 0 bridgehead atoms. The lowest BCUT2D eigenvalue weighted by molar-refractivity contribution is -0.140. The number of benzene rings is 1. The van der Waals surface area contributed by atoms with Crippen LogP contribution in [-0.4, -0.2) is 29.1 Å². The number of unbranched alkanes of at least 4 members (excludes halogenated alkanes) is 1. The third-order valence-corrected chi connectivity index (χ3v) is 3.14. The lowest BCUT2D eigenvalue weighted by Crippen LogP contribution is -2.03. The van der Waals surface area contributed by atoms with Gasteiger partial charge in [-0.25, -0.2) is 0 Å². The molecule has 0 atom stereocenters. The molecule has 0 aromatic heterocycles. The van der Waals surface area contributed by atoms with Gasteiger partial charge < -0.3 is 14.9 Å². The number of ketones is 1. The van der Waals surface area contributed by atoms with Crippen LogP contribution in [0.1, 0.15) is 48.5 Å². The summed E-state index contributed by atoms with van der Waals surface area (Å²) in [6, 6.07) is 2.72. The molecule has 0 saturated heterocycles. The van der Waals surface area contributed by atoms with E-state index in [1.807, 2.05) is 6.92 Å². The number of esters is 1. The van der Waals surface area contributed by atoms with Crippen molar-refractivity contribution in [3.8, 4) is 11.5 Å². The molecule has 1 aromatic carbocycles. The summed E-state index contributed by atoms with van der Waals surface area (Å²) in [5.41, 5.74) is 0.846. The van der Waals surface area contributed by atoms with Gasteiger partial charge in [0.05, 0.1) is 12.7 Å². The molecule has 0 saturated carbocycles. The van der Waals surface area contributed by atoms with Crippen LogP contribution in [0.5, 0.6) is 11.5 Å². The van der Waals surface area contributed by atoms with E-state index in [4.69, 9.17) is 0 Å². The zero-order valence-electron chi connectivity index (χ0n) is 11.8. The molecule has 0 unspecified atom stereocenters. The first kappa shape index (κ1) is 16.0. The molecule has 20 heavy (non-hydrogen) atoms. The zero-order valence-corrected chi connectivity index (χ0v) is 11.8. The quantitative estimate of drug-likeness (QED) is 0.455. The van der Waals surface area contributed by atoms with Crippen LogP contribution in [0.2, 0.25) is 0 Å². The first-order valence-corrected chi connectivity index (χ1v) is 6.64. The van der Waals surface area contributed by atoms with E-state index in [0.717, 1.165) is 0 Å². The van der Waals surface area contributed by atoms with Crippen molar-refractivity contribution in [1.29, 1.82) is 0 Å². The van der Waals surface area contributed by atoms with E-state index < -0.39 is 0 Å². The number of carbonyl (C=O) groups is 2. The number of phenols is 2. The van der Waals surface area contributed by atoms with Crippen LogP contribution < -0.4 is 0 Å². The predicted octanol–water partition coefficient (Wildman–Crippen LogP) is 2.58. The van der Waals surface area contributed by atoms with Gasteiger partial charge in [-0.15, -0.1) is 0 Å². The molecule has 110 valence electrons. The zero-order chi connectivity index (χ0) is 15.1. The highest BCUT2D eigenvalue weighted by Crippen LogP contribution is 2.29. The van der Waals surface area contributed by atoms with Gasteiger partial charge in [-0.1, -0.05) is 6.92 Å². The highest BCUT2D eigenvalue weighted by molar-refractivity contribution is 5.99. The molecule has 0 radical (unpaired) electrons. The number of ether oxygens (including phenoxy) is 1. The standard InChI is InChI=1S/C15H20O5/c1-3-10-8-11(14(18)9-13(10)17)12(16)6-4-5-7-15(19)20-2/h8-9,17-18H,3-7H2,1-2H3. The summed E-state index contributed by atoms with van der Waals surface area (Å²) in [4.78, 5) is 22.9. The SMILES string of the molecule is CCc1cc(C(=O)CCCCC(=O)OC)c(O)cc1O. The van der Waals surface area contributed by atoms with Crippen molar-refractivity contribution >= 4 is 11.8 Å². The predicted molar refractivity (Wildman–Crippen MR) is 74.0 cm³/mol. The normalized spacial score (nSPS) is 10.3. The highest BCUT2D eigenvalue weighted by atomic mass is 16.5. The molecular weight excluding hydrogens is 260 g/mol. The Kier molecular flexibility index (Phi) is 6.03. The molecule has 1 rings (SSSR count). The van der Waals surface area contributed by atoms with Crippen LogP contribution in [-0.2, 0) is 16.0 Å². The molecule has 0 aliphatic carbocycles. The fraction of sp³-hybridized carbons (Fsp3) is 0.467. The van der Waals surface area contributed by atoms with E-state index in [1.165, 1.54) is 19.2 Å². The van der Waals surface area contributed by atoms with Gasteiger partial charge in [0.2, 0.25) is 0 Å². The topological polar surface area (TPSA) is 83.8 Å². The maximum absolute atomic E-state index is 12.0. The number of hydrogen-bond donors (Lipinski definition) is 2. The minimum absolute atomic E-state index is 0.00718. The minimum Gasteiger partial charge on any atom is -0.508 e. The lowest BCUT2D eigenvalue weighted by Gasteiger charge is -2.08. The Labute approximate surface area is 118 Å². The van der Waals surface area contributed by atoms with Gasteiger partial charge in [-0.2, -0.15) is 0 Å². The van der Waals surface area contributed by atoms with Crippen LogP contribution >= 0.6 is 0 Å². The Morgan fingerprint density at radius 1 is 1.10 bits per heavy atom. The van der Waals surface area contributed by atoms with Gasteiger partial charge in [0, 0.05) is 18.9 Å². The minimum atomic E-state index is -0.293. The summed E-state index contributed by atoms with van der Waals surface area (Å²) in [6.07, 6.45) is 2.23. The van der Waals surface area contributed by atoms with Crippen LogP contribution in [0.3, 0.4) is 0 Å². The molecule has 0 aliphatic rings. The molecular formula is C15H20O5. The number of phenolic OH excluding ortho intramolecular Hbond substituents is 2. The molecule has 5 heteroatoms. The number of hydrogen-bond acceptors (Lipinski definition) is 5. The molecule has 2 N–H and O–H groups in total. The maximum Gasteiger partial charge on any atom is 0.305 e. The van der Waals surface area contributed by atoms with E-state index in [-0.39, 0.29) is 41.7 Å². The molecule has 0 fully saturated rings. The molecule has 0 aliphatic heterocycles. The summed E-state index contributed by atoms with van der Waals surface area (Å²) >= 11 is 0. The van der Waals surface area contributed by atoms with Crippen LogP contribution in [0.25, 0.3) is 0 Å². The summed E-state index contributed by atoms with van der Waals surface area (Å²) in [5, 5.41) is 19.3. The van der Waals surface area contributed by atoms with Crippen molar-refractivity contribution in [2.24, 2.45) is 0 Å². The second-order valence-electron chi connectivity index (χ2n) is 4.56. The Morgan fingerprint density at radius 2 is 1.75 bits per heavy atom.